The minimum atomic E-state index is -0.494. The summed E-state index contributed by atoms with van der Waals surface area (Å²) in [7, 11) is 0. The fraction of sp³-hybridized carbons (Fsp3) is 0.183. The molecule has 0 amide bonds. The number of hydrogen-bond acceptors (Lipinski definition) is 4. The Bertz CT molecular complexity index is 3400. The van der Waals surface area contributed by atoms with Crippen molar-refractivity contribution in [1.29, 1.82) is 0 Å². The Morgan fingerprint density at radius 2 is 0.969 bits per heavy atom. The predicted octanol–water partition coefficient (Wildman–Crippen LogP) is 14.2. The molecule has 4 heteroatoms. The summed E-state index contributed by atoms with van der Waals surface area (Å²) in [5.74, 6) is 6.71. The third-order valence-electron chi connectivity index (χ3n) is 17.0. The highest BCUT2D eigenvalue weighted by molar-refractivity contribution is 5.90. The van der Waals surface area contributed by atoms with Crippen LogP contribution < -0.4 is 4.74 Å². The Hall–Kier alpha value is -7.17. The lowest BCUT2D eigenvalue weighted by molar-refractivity contribution is -0.175. The van der Waals surface area contributed by atoms with Gasteiger partial charge in [0.05, 0.1) is 5.41 Å². The van der Waals surface area contributed by atoms with Gasteiger partial charge in [0.25, 0.3) is 0 Å². The molecular weight excluding hydrogens is 779 g/mol. The monoisotopic (exact) mass is 821 g/mol. The van der Waals surface area contributed by atoms with Crippen LogP contribution >= 0.6 is 0 Å². The topological polar surface area (TPSA) is 47.9 Å². The molecule has 2 heterocycles. The van der Waals surface area contributed by atoms with Crippen LogP contribution in [0.2, 0.25) is 0 Å². The standard InChI is InChI=1S/C60H43N3O/c1-2-11-38-28-42(21-20-36(38)10-1)57-62-55(37-22-25-43(26-23-37)58-33-45-31-44-32-46(34-58)59(44,45)35-58)61-56(63-57)41-13-9-12-39(29-41)40-24-27-52-54(30-40)64-53-19-8-7-18-51(53)60(52)49-16-5-3-14-47(49)48-15-4-6-17-50(48)60/h1-30,44-46H,31-35H2/t44?,45-,46-,58?,59?/m0/s1. The minimum absolute atomic E-state index is 0.359. The first-order chi connectivity index (χ1) is 31.6. The Morgan fingerprint density at radius 3 is 1.69 bits per heavy atom. The maximum Gasteiger partial charge on any atom is 0.164 e. The molecule has 304 valence electrons. The van der Waals surface area contributed by atoms with Gasteiger partial charge in [0, 0.05) is 27.8 Å². The van der Waals surface area contributed by atoms with Crippen LogP contribution in [0.4, 0.5) is 0 Å². The third kappa shape index (κ3) is 4.55. The van der Waals surface area contributed by atoms with Gasteiger partial charge in [-0.1, -0.05) is 158 Å². The van der Waals surface area contributed by atoms with Gasteiger partial charge >= 0.3 is 0 Å². The summed E-state index contributed by atoms with van der Waals surface area (Å²) in [5.41, 5.74) is 14.6. The van der Waals surface area contributed by atoms with E-state index in [9.17, 15) is 0 Å². The van der Waals surface area contributed by atoms with E-state index in [2.05, 4.69) is 182 Å². The Morgan fingerprint density at radius 1 is 0.406 bits per heavy atom. The lowest BCUT2D eigenvalue weighted by Crippen LogP contribution is -2.59. The first-order valence-electron chi connectivity index (χ1n) is 23.2. The van der Waals surface area contributed by atoms with Crippen molar-refractivity contribution in [2.45, 2.75) is 42.9 Å². The molecular formula is C60H43N3O. The summed E-state index contributed by atoms with van der Waals surface area (Å²) in [6.45, 7) is 0. The van der Waals surface area contributed by atoms with E-state index < -0.39 is 5.41 Å². The first-order valence-corrected chi connectivity index (χ1v) is 23.2. The number of para-hydroxylation sites is 1. The molecule has 9 aromatic rings. The van der Waals surface area contributed by atoms with Crippen molar-refractivity contribution in [3.05, 3.63) is 210 Å². The smallest absolute Gasteiger partial charge is 0.164 e. The van der Waals surface area contributed by atoms with Gasteiger partial charge in [-0.3, -0.25) is 0 Å². The molecule has 6 aliphatic rings. The molecule has 2 bridgehead atoms. The summed E-state index contributed by atoms with van der Waals surface area (Å²) in [5, 5.41) is 2.36. The van der Waals surface area contributed by atoms with Gasteiger partial charge < -0.3 is 4.74 Å². The van der Waals surface area contributed by atoms with Crippen LogP contribution in [-0.2, 0) is 10.8 Å². The second kappa shape index (κ2) is 12.5. The summed E-state index contributed by atoms with van der Waals surface area (Å²) in [6, 6.07) is 66.1. The molecule has 8 aromatic carbocycles. The fourth-order valence-corrected chi connectivity index (χ4v) is 14.4. The lowest BCUT2D eigenvalue weighted by Gasteiger charge is -2.66. The van der Waals surface area contributed by atoms with E-state index in [1.165, 1.54) is 70.9 Å². The zero-order valence-corrected chi connectivity index (χ0v) is 35.3. The van der Waals surface area contributed by atoms with E-state index in [-0.39, 0.29) is 0 Å². The molecule has 2 atom stereocenters. The van der Waals surface area contributed by atoms with Crippen molar-refractivity contribution in [2.75, 3.05) is 0 Å². The van der Waals surface area contributed by atoms with Crippen molar-refractivity contribution in [2.24, 2.45) is 23.2 Å². The van der Waals surface area contributed by atoms with Crippen molar-refractivity contribution < 1.29 is 4.74 Å². The highest BCUT2D eigenvalue weighted by Crippen LogP contribution is 2.84. The molecule has 0 saturated heterocycles. The summed E-state index contributed by atoms with van der Waals surface area (Å²) in [4.78, 5) is 15.7. The largest absolute Gasteiger partial charge is 0.457 e. The minimum Gasteiger partial charge on any atom is -0.457 e. The van der Waals surface area contributed by atoms with Gasteiger partial charge in [0.1, 0.15) is 11.5 Å². The fourth-order valence-electron chi connectivity index (χ4n) is 14.4. The van der Waals surface area contributed by atoms with Crippen LogP contribution in [0.5, 0.6) is 11.5 Å². The summed E-state index contributed by atoms with van der Waals surface area (Å²) in [6.07, 6.45) is 7.11. The SMILES string of the molecule is c1cc(-c2ccc3c(c2)Oc2ccccc2C32c3ccccc3-c3ccccc32)cc(-c2nc(-c3ccc(C45C[C@@H]6CC7C[C@@H](C4)C76C5)cc3)nc(-c3ccc4ccccc4c3)n2)c1. The van der Waals surface area contributed by atoms with Crippen LogP contribution in [0.15, 0.2) is 182 Å². The molecule has 5 aliphatic carbocycles. The second-order valence-corrected chi connectivity index (χ2v) is 19.7. The number of aromatic nitrogens is 3. The van der Waals surface area contributed by atoms with Gasteiger partial charge in [0.15, 0.2) is 17.5 Å². The number of fused-ring (bicyclic) bond motifs is 11. The maximum atomic E-state index is 6.88. The van der Waals surface area contributed by atoms with Crippen molar-refractivity contribution in [1.82, 2.24) is 15.0 Å². The average molecular weight is 822 g/mol. The molecule has 1 aromatic heterocycles. The summed E-state index contributed by atoms with van der Waals surface area (Å²) >= 11 is 0. The molecule has 15 rings (SSSR count). The second-order valence-electron chi connectivity index (χ2n) is 19.7. The number of ether oxygens (including phenoxy) is 1. The quantitative estimate of drug-likeness (QED) is 0.173. The normalized spacial score (nSPS) is 24.2. The highest BCUT2D eigenvalue weighted by atomic mass is 16.5. The zero-order chi connectivity index (χ0) is 41.8. The Labute approximate surface area is 372 Å². The van der Waals surface area contributed by atoms with Gasteiger partial charge in [-0.25, -0.2) is 15.0 Å². The van der Waals surface area contributed by atoms with Gasteiger partial charge in [0.2, 0.25) is 0 Å². The molecule has 4 nitrogen and oxygen atoms in total. The number of hydrogen-bond donors (Lipinski definition) is 0. The molecule has 64 heavy (non-hydrogen) atoms. The van der Waals surface area contributed by atoms with Crippen LogP contribution in [0.1, 0.15) is 59.9 Å². The highest BCUT2D eigenvalue weighted by Gasteiger charge is 2.77. The zero-order valence-electron chi connectivity index (χ0n) is 35.3. The van der Waals surface area contributed by atoms with E-state index >= 15 is 0 Å². The van der Waals surface area contributed by atoms with Crippen molar-refractivity contribution in [3.8, 4) is 67.9 Å². The number of rotatable bonds is 5. The first kappa shape index (κ1) is 35.3. The van der Waals surface area contributed by atoms with E-state index in [0.717, 1.165) is 68.0 Å². The molecule has 0 radical (unpaired) electrons. The van der Waals surface area contributed by atoms with Crippen molar-refractivity contribution in [3.63, 3.8) is 0 Å². The molecule has 2 spiro atoms. The molecule has 4 saturated carbocycles. The lowest BCUT2D eigenvalue weighted by atomic mass is 9.38. The Kier molecular flexibility index (Phi) is 6.90. The predicted molar refractivity (Wildman–Crippen MR) is 254 cm³/mol. The van der Waals surface area contributed by atoms with Gasteiger partial charge in [-0.05, 0) is 135 Å². The van der Waals surface area contributed by atoms with Crippen LogP contribution in [0.3, 0.4) is 0 Å². The molecule has 4 fully saturated rings. The number of benzene rings is 8. The maximum absolute atomic E-state index is 6.88. The van der Waals surface area contributed by atoms with E-state index in [4.69, 9.17) is 19.7 Å². The average Bonchev–Trinajstić information content (AvgIpc) is 3.96. The molecule has 1 aliphatic heterocycles. The van der Waals surface area contributed by atoms with E-state index in [1.54, 1.807) is 0 Å². The third-order valence-corrected chi connectivity index (χ3v) is 17.0. The van der Waals surface area contributed by atoms with Crippen LogP contribution in [-0.4, -0.2) is 15.0 Å². The van der Waals surface area contributed by atoms with Crippen molar-refractivity contribution >= 4 is 10.8 Å². The van der Waals surface area contributed by atoms with Gasteiger partial charge in [-0.2, -0.15) is 0 Å². The Balaban J connectivity index is 0.840. The molecule has 0 unspecified atom stereocenters. The van der Waals surface area contributed by atoms with E-state index in [1.807, 2.05) is 0 Å². The van der Waals surface area contributed by atoms with E-state index in [0.29, 0.717) is 28.3 Å². The van der Waals surface area contributed by atoms with Crippen LogP contribution in [0.25, 0.3) is 67.2 Å². The molecule has 0 N–H and O–H groups in total. The number of nitrogens with zero attached hydrogens (tertiary/aromatic N) is 3. The van der Waals surface area contributed by atoms with Crippen LogP contribution in [0, 0.1) is 23.2 Å². The summed E-state index contributed by atoms with van der Waals surface area (Å²) < 4.78 is 6.88. The van der Waals surface area contributed by atoms with Gasteiger partial charge in [-0.15, -0.1) is 0 Å².